The molecule has 1 unspecified atom stereocenters. The Hall–Kier alpha value is -3.18. The molecule has 0 radical (unpaired) electrons. The monoisotopic (exact) mass is 518 g/mol. The van der Waals surface area contributed by atoms with Crippen LogP contribution in [-0.4, -0.2) is 76.7 Å². The molecule has 0 aromatic heterocycles. The second-order valence-corrected chi connectivity index (χ2v) is 11.0. The SMILES string of the molecule is COc1ccc(N2CCN(S(=O)(=O)CCCNC(=O)C3CC(=O)N(c4cccc(F)c4)C3)CC2)cc1. The molecule has 9 nitrogen and oxygen atoms in total. The molecule has 0 spiro atoms. The van der Waals surface area contributed by atoms with Crippen molar-refractivity contribution in [3.05, 3.63) is 54.3 Å². The van der Waals surface area contributed by atoms with Crippen molar-refractivity contribution >= 4 is 33.2 Å². The van der Waals surface area contributed by atoms with Crippen LogP contribution in [0.25, 0.3) is 0 Å². The van der Waals surface area contributed by atoms with Crippen molar-refractivity contribution in [2.45, 2.75) is 12.8 Å². The van der Waals surface area contributed by atoms with Gasteiger partial charge in [0.2, 0.25) is 21.8 Å². The van der Waals surface area contributed by atoms with Gasteiger partial charge in [-0.15, -0.1) is 0 Å². The largest absolute Gasteiger partial charge is 0.497 e. The van der Waals surface area contributed by atoms with E-state index >= 15 is 0 Å². The van der Waals surface area contributed by atoms with Crippen LogP contribution in [0.5, 0.6) is 5.75 Å². The molecule has 1 N–H and O–H groups in total. The second-order valence-electron chi connectivity index (χ2n) is 8.93. The van der Waals surface area contributed by atoms with Gasteiger partial charge in [-0.25, -0.2) is 12.8 Å². The van der Waals surface area contributed by atoms with Crippen LogP contribution in [-0.2, 0) is 19.6 Å². The number of carbonyl (C=O) groups excluding carboxylic acids is 2. The zero-order valence-corrected chi connectivity index (χ0v) is 21.0. The molecule has 2 amide bonds. The highest BCUT2D eigenvalue weighted by molar-refractivity contribution is 7.89. The lowest BCUT2D eigenvalue weighted by atomic mass is 10.1. The summed E-state index contributed by atoms with van der Waals surface area (Å²) in [6.07, 6.45) is 0.320. The van der Waals surface area contributed by atoms with E-state index in [1.54, 1.807) is 13.2 Å². The minimum atomic E-state index is -3.44. The molecule has 2 aromatic rings. The molecule has 194 valence electrons. The third-order valence-corrected chi connectivity index (χ3v) is 8.52. The Morgan fingerprint density at radius 3 is 2.47 bits per heavy atom. The summed E-state index contributed by atoms with van der Waals surface area (Å²) >= 11 is 0. The fraction of sp³-hybridized carbons (Fsp3) is 0.440. The Labute approximate surface area is 210 Å². The van der Waals surface area contributed by atoms with E-state index in [9.17, 15) is 22.4 Å². The van der Waals surface area contributed by atoms with Crippen LogP contribution in [0.3, 0.4) is 0 Å². The number of piperazine rings is 1. The van der Waals surface area contributed by atoms with Crippen LogP contribution in [0, 0.1) is 11.7 Å². The lowest BCUT2D eigenvalue weighted by molar-refractivity contribution is -0.126. The highest BCUT2D eigenvalue weighted by Gasteiger charge is 2.35. The van der Waals surface area contributed by atoms with Gasteiger partial charge in [-0.05, 0) is 48.9 Å². The van der Waals surface area contributed by atoms with E-state index in [4.69, 9.17) is 4.74 Å². The number of rotatable bonds is 9. The minimum Gasteiger partial charge on any atom is -0.497 e. The zero-order chi connectivity index (χ0) is 25.7. The number of ether oxygens (including phenoxy) is 1. The number of carbonyl (C=O) groups is 2. The van der Waals surface area contributed by atoms with Gasteiger partial charge in [-0.3, -0.25) is 9.59 Å². The van der Waals surface area contributed by atoms with E-state index in [1.165, 1.54) is 27.4 Å². The average Bonchev–Trinajstić information content (AvgIpc) is 3.28. The Balaban J connectivity index is 1.19. The number of hydrogen-bond acceptors (Lipinski definition) is 6. The van der Waals surface area contributed by atoms with Gasteiger partial charge in [-0.1, -0.05) is 6.07 Å². The van der Waals surface area contributed by atoms with Gasteiger partial charge < -0.3 is 19.9 Å². The van der Waals surface area contributed by atoms with Crippen LogP contribution in [0.1, 0.15) is 12.8 Å². The topological polar surface area (TPSA) is 99.3 Å². The first-order valence-electron chi connectivity index (χ1n) is 12.0. The Kier molecular flexibility index (Phi) is 8.10. The highest BCUT2D eigenvalue weighted by atomic mass is 32.2. The molecule has 11 heteroatoms. The van der Waals surface area contributed by atoms with Crippen molar-refractivity contribution in [1.82, 2.24) is 9.62 Å². The first-order valence-corrected chi connectivity index (χ1v) is 13.6. The number of hydrogen-bond donors (Lipinski definition) is 1. The summed E-state index contributed by atoms with van der Waals surface area (Å²) in [5, 5.41) is 2.75. The van der Waals surface area contributed by atoms with Crippen LogP contribution in [0.2, 0.25) is 0 Å². The van der Waals surface area contributed by atoms with E-state index in [0.29, 0.717) is 31.9 Å². The van der Waals surface area contributed by atoms with Crippen LogP contribution >= 0.6 is 0 Å². The molecule has 2 aliphatic heterocycles. The van der Waals surface area contributed by atoms with Gasteiger partial charge in [-0.2, -0.15) is 4.31 Å². The van der Waals surface area contributed by atoms with Crippen molar-refractivity contribution < 1.29 is 27.1 Å². The zero-order valence-electron chi connectivity index (χ0n) is 20.2. The lowest BCUT2D eigenvalue weighted by Gasteiger charge is -2.35. The maximum absolute atomic E-state index is 13.5. The molecule has 2 aromatic carbocycles. The number of sulfonamides is 1. The molecule has 0 saturated carbocycles. The van der Waals surface area contributed by atoms with Crippen LogP contribution in [0.4, 0.5) is 15.8 Å². The van der Waals surface area contributed by atoms with Crippen LogP contribution in [0.15, 0.2) is 48.5 Å². The number of nitrogens with one attached hydrogen (secondary N) is 1. The van der Waals surface area contributed by atoms with E-state index in [2.05, 4.69) is 10.2 Å². The molecule has 36 heavy (non-hydrogen) atoms. The van der Waals surface area contributed by atoms with Crippen molar-refractivity contribution in [2.24, 2.45) is 5.92 Å². The molecule has 2 saturated heterocycles. The first-order chi connectivity index (χ1) is 17.3. The van der Waals surface area contributed by atoms with Gasteiger partial charge in [0.05, 0.1) is 18.8 Å². The summed E-state index contributed by atoms with van der Waals surface area (Å²) in [5.74, 6) is -0.824. The number of methoxy groups -OCH3 is 1. The van der Waals surface area contributed by atoms with E-state index < -0.39 is 21.8 Å². The molecular formula is C25H31FN4O5S. The Morgan fingerprint density at radius 2 is 1.81 bits per heavy atom. The maximum Gasteiger partial charge on any atom is 0.227 e. The third kappa shape index (κ3) is 6.14. The standard InChI is InChI=1S/C25H31FN4O5S/c1-35-23-8-6-21(7-9-23)28-11-13-29(14-12-28)36(33,34)15-3-10-27-25(32)19-16-24(31)30(18-19)22-5-2-4-20(26)17-22/h2,4-9,17,19H,3,10-16,18H2,1H3,(H,27,32). The predicted molar refractivity (Wildman–Crippen MR) is 135 cm³/mol. The van der Waals surface area contributed by atoms with Gasteiger partial charge in [0, 0.05) is 57.1 Å². The van der Waals surface area contributed by atoms with Crippen molar-refractivity contribution in [2.75, 3.05) is 61.9 Å². The van der Waals surface area contributed by atoms with Crippen molar-refractivity contribution in [3.8, 4) is 5.75 Å². The molecule has 2 heterocycles. The second kappa shape index (κ2) is 11.3. The Morgan fingerprint density at radius 1 is 1.08 bits per heavy atom. The van der Waals surface area contributed by atoms with E-state index in [1.807, 2.05) is 24.3 Å². The number of amides is 2. The number of nitrogens with zero attached hydrogens (tertiary/aromatic N) is 3. The molecule has 0 bridgehead atoms. The number of anilines is 2. The fourth-order valence-corrected chi connectivity index (χ4v) is 6.02. The van der Waals surface area contributed by atoms with Gasteiger partial charge in [0.15, 0.2) is 0 Å². The van der Waals surface area contributed by atoms with E-state index in [-0.39, 0.29) is 43.5 Å². The van der Waals surface area contributed by atoms with Crippen molar-refractivity contribution in [3.63, 3.8) is 0 Å². The van der Waals surface area contributed by atoms with Gasteiger partial charge in [0.25, 0.3) is 0 Å². The predicted octanol–water partition coefficient (Wildman–Crippen LogP) is 1.85. The Bertz CT molecular complexity index is 1180. The molecule has 4 rings (SSSR count). The summed E-state index contributed by atoms with van der Waals surface area (Å²) in [6.45, 7) is 2.38. The fourth-order valence-electron chi connectivity index (χ4n) is 4.53. The summed E-state index contributed by atoms with van der Waals surface area (Å²) in [7, 11) is -1.82. The number of halogens is 1. The molecule has 2 aliphatic rings. The average molecular weight is 519 g/mol. The first kappa shape index (κ1) is 25.9. The number of benzene rings is 2. The van der Waals surface area contributed by atoms with Gasteiger partial charge in [0.1, 0.15) is 11.6 Å². The van der Waals surface area contributed by atoms with Crippen LogP contribution < -0.4 is 19.9 Å². The summed E-state index contributed by atoms with van der Waals surface area (Å²) in [6, 6.07) is 13.4. The smallest absolute Gasteiger partial charge is 0.227 e. The normalized spacial score (nSPS) is 18.9. The molecule has 2 fully saturated rings. The third-order valence-electron chi connectivity index (χ3n) is 6.56. The maximum atomic E-state index is 13.5. The summed E-state index contributed by atoms with van der Waals surface area (Å²) < 4.78 is 45.7. The molecule has 1 atom stereocenters. The summed E-state index contributed by atoms with van der Waals surface area (Å²) in [4.78, 5) is 28.4. The lowest BCUT2D eigenvalue weighted by Crippen LogP contribution is -2.49. The molecule has 0 aliphatic carbocycles. The minimum absolute atomic E-state index is 0.0408. The van der Waals surface area contributed by atoms with Crippen molar-refractivity contribution in [1.29, 1.82) is 0 Å². The molecular weight excluding hydrogens is 487 g/mol. The highest BCUT2D eigenvalue weighted by Crippen LogP contribution is 2.26. The van der Waals surface area contributed by atoms with E-state index in [0.717, 1.165) is 11.4 Å². The summed E-state index contributed by atoms with van der Waals surface area (Å²) in [5.41, 5.74) is 1.45. The van der Waals surface area contributed by atoms with Gasteiger partial charge >= 0.3 is 0 Å². The quantitative estimate of drug-likeness (QED) is 0.509.